The standard InChI is InChI=1S/C24H22N4O2/c1-27(17-18-7-6-14-25-16-18)24(29)22-15-23(19-10-12-21(30-2)13-11-19)28(26-22)20-8-4-3-5-9-20/h3-16H,17H2,1-2H3. The van der Waals surface area contributed by atoms with E-state index in [1.165, 1.54) is 0 Å². The van der Waals surface area contributed by atoms with Crippen molar-refractivity contribution in [3.63, 3.8) is 0 Å². The molecule has 0 atom stereocenters. The maximum atomic E-state index is 13.1. The number of amides is 1. The highest BCUT2D eigenvalue weighted by Gasteiger charge is 2.20. The molecule has 2 aromatic heterocycles. The number of hydrogen-bond acceptors (Lipinski definition) is 4. The largest absolute Gasteiger partial charge is 0.497 e. The Morgan fingerprint density at radius 1 is 1.03 bits per heavy atom. The van der Waals surface area contributed by atoms with Gasteiger partial charge in [0.2, 0.25) is 0 Å². The Bertz CT molecular complexity index is 1120. The summed E-state index contributed by atoms with van der Waals surface area (Å²) in [6, 6.07) is 23.1. The van der Waals surface area contributed by atoms with Crippen molar-refractivity contribution in [2.24, 2.45) is 0 Å². The summed E-state index contributed by atoms with van der Waals surface area (Å²) in [5.74, 6) is 0.625. The van der Waals surface area contributed by atoms with Crippen LogP contribution in [-0.2, 0) is 6.54 Å². The highest BCUT2D eigenvalue weighted by Crippen LogP contribution is 2.26. The van der Waals surface area contributed by atoms with Crippen LogP contribution in [0.5, 0.6) is 5.75 Å². The molecular weight excluding hydrogens is 376 g/mol. The minimum Gasteiger partial charge on any atom is -0.497 e. The van der Waals surface area contributed by atoms with Crippen LogP contribution in [0.4, 0.5) is 0 Å². The van der Waals surface area contributed by atoms with Gasteiger partial charge < -0.3 is 9.64 Å². The van der Waals surface area contributed by atoms with E-state index >= 15 is 0 Å². The predicted octanol–water partition coefficient (Wildman–Crippen LogP) is 4.22. The molecule has 0 N–H and O–H groups in total. The van der Waals surface area contributed by atoms with Crippen LogP contribution in [-0.4, -0.2) is 39.7 Å². The fraction of sp³-hybridized carbons (Fsp3) is 0.125. The van der Waals surface area contributed by atoms with Gasteiger partial charge in [-0.25, -0.2) is 4.68 Å². The predicted molar refractivity (Wildman–Crippen MR) is 116 cm³/mol. The lowest BCUT2D eigenvalue weighted by atomic mass is 10.1. The van der Waals surface area contributed by atoms with Crippen LogP contribution >= 0.6 is 0 Å². The summed E-state index contributed by atoms with van der Waals surface area (Å²) in [7, 11) is 3.40. The molecule has 30 heavy (non-hydrogen) atoms. The van der Waals surface area contributed by atoms with Gasteiger partial charge in [-0.2, -0.15) is 5.10 Å². The molecule has 0 bridgehead atoms. The van der Waals surface area contributed by atoms with E-state index < -0.39 is 0 Å². The molecule has 0 spiro atoms. The Kier molecular flexibility index (Phi) is 5.57. The van der Waals surface area contributed by atoms with Gasteiger partial charge in [-0.3, -0.25) is 9.78 Å². The Hall–Kier alpha value is -3.93. The zero-order valence-electron chi connectivity index (χ0n) is 16.9. The first-order valence-electron chi connectivity index (χ1n) is 9.60. The number of para-hydroxylation sites is 1. The molecule has 4 rings (SSSR count). The van der Waals surface area contributed by atoms with E-state index in [1.54, 1.807) is 36.1 Å². The van der Waals surface area contributed by atoms with Crippen molar-refractivity contribution in [3.8, 4) is 22.7 Å². The third-order valence-corrected chi connectivity index (χ3v) is 4.80. The molecule has 6 nitrogen and oxygen atoms in total. The van der Waals surface area contributed by atoms with Crippen molar-refractivity contribution in [3.05, 3.63) is 96.4 Å². The molecule has 0 saturated carbocycles. The van der Waals surface area contributed by atoms with Crippen molar-refractivity contribution in [1.82, 2.24) is 19.7 Å². The van der Waals surface area contributed by atoms with Crippen molar-refractivity contribution in [2.45, 2.75) is 6.54 Å². The molecular formula is C24H22N4O2. The molecule has 0 saturated heterocycles. The maximum Gasteiger partial charge on any atom is 0.274 e. The van der Waals surface area contributed by atoms with Gasteiger partial charge >= 0.3 is 0 Å². The number of carbonyl (C=O) groups is 1. The van der Waals surface area contributed by atoms with Gasteiger partial charge in [-0.15, -0.1) is 0 Å². The summed E-state index contributed by atoms with van der Waals surface area (Å²) >= 11 is 0. The van der Waals surface area contributed by atoms with Crippen LogP contribution in [0.25, 0.3) is 16.9 Å². The van der Waals surface area contributed by atoms with E-state index in [9.17, 15) is 4.79 Å². The van der Waals surface area contributed by atoms with E-state index in [2.05, 4.69) is 10.1 Å². The van der Waals surface area contributed by atoms with Gasteiger partial charge in [-0.05, 0) is 54.1 Å². The number of rotatable bonds is 6. The lowest BCUT2D eigenvalue weighted by Gasteiger charge is -2.15. The molecule has 0 radical (unpaired) electrons. The van der Waals surface area contributed by atoms with E-state index in [0.29, 0.717) is 12.2 Å². The normalized spacial score (nSPS) is 10.6. The zero-order chi connectivity index (χ0) is 20.9. The van der Waals surface area contributed by atoms with Crippen LogP contribution < -0.4 is 4.74 Å². The molecule has 2 aromatic carbocycles. The summed E-state index contributed by atoms with van der Waals surface area (Å²) in [5.41, 5.74) is 4.02. The van der Waals surface area contributed by atoms with Crippen LogP contribution in [0.2, 0.25) is 0 Å². The molecule has 150 valence electrons. The second-order valence-electron chi connectivity index (χ2n) is 6.91. The smallest absolute Gasteiger partial charge is 0.274 e. The van der Waals surface area contributed by atoms with Crippen molar-refractivity contribution in [2.75, 3.05) is 14.2 Å². The average Bonchev–Trinajstić information content (AvgIpc) is 3.25. The molecule has 0 unspecified atom stereocenters. The minimum atomic E-state index is -0.150. The van der Waals surface area contributed by atoms with E-state index in [1.807, 2.05) is 72.8 Å². The lowest BCUT2D eigenvalue weighted by Crippen LogP contribution is -2.26. The first-order chi connectivity index (χ1) is 14.7. The molecule has 1 amide bonds. The molecule has 0 aliphatic rings. The van der Waals surface area contributed by atoms with E-state index in [-0.39, 0.29) is 5.91 Å². The Morgan fingerprint density at radius 3 is 2.47 bits per heavy atom. The van der Waals surface area contributed by atoms with Crippen LogP contribution in [0, 0.1) is 0 Å². The zero-order valence-corrected chi connectivity index (χ0v) is 16.9. The van der Waals surface area contributed by atoms with Gasteiger partial charge in [0.1, 0.15) is 5.75 Å². The third kappa shape index (κ3) is 4.07. The van der Waals surface area contributed by atoms with Crippen molar-refractivity contribution in [1.29, 1.82) is 0 Å². The van der Waals surface area contributed by atoms with Gasteiger partial charge in [0.25, 0.3) is 5.91 Å². The summed E-state index contributed by atoms with van der Waals surface area (Å²) in [5, 5.41) is 4.64. The van der Waals surface area contributed by atoms with Gasteiger partial charge in [0, 0.05) is 31.5 Å². The topological polar surface area (TPSA) is 60.2 Å². The highest BCUT2D eigenvalue weighted by molar-refractivity contribution is 5.93. The molecule has 0 aliphatic carbocycles. The van der Waals surface area contributed by atoms with Crippen LogP contribution in [0.1, 0.15) is 16.1 Å². The number of methoxy groups -OCH3 is 1. The van der Waals surface area contributed by atoms with Crippen LogP contribution in [0.3, 0.4) is 0 Å². The number of ether oxygens (including phenoxy) is 1. The molecule has 6 heteroatoms. The third-order valence-electron chi connectivity index (χ3n) is 4.80. The molecule has 0 aliphatic heterocycles. The van der Waals surface area contributed by atoms with E-state index in [4.69, 9.17) is 4.74 Å². The SMILES string of the molecule is COc1ccc(-c2cc(C(=O)N(C)Cc3cccnc3)nn2-c2ccccc2)cc1. The summed E-state index contributed by atoms with van der Waals surface area (Å²) in [6.45, 7) is 0.461. The van der Waals surface area contributed by atoms with Crippen molar-refractivity contribution >= 4 is 5.91 Å². The molecule has 0 fully saturated rings. The fourth-order valence-electron chi connectivity index (χ4n) is 3.25. The van der Waals surface area contributed by atoms with Gasteiger partial charge in [0.05, 0.1) is 18.5 Å². The first-order valence-corrected chi connectivity index (χ1v) is 9.60. The number of benzene rings is 2. The monoisotopic (exact) mass is 398 g/mol. The second kappa shape index (κ2) is 8.61. The number of pyridine rings is 1. The molecule has 2 heterocycles. The summed E-state index contributed by atoms with van der Waals surface area (Å²) in [6.07, 6.45) is 3.48. The number of nitrogens with zero attached hydrogens (tertiary/aromatic N) is 4. The Labute approximate surface area is 175 Å². The summed E-state index contributed by atoms with van der Waals surface area (Å²) in [4.78, 5) is 18.8. The lowest BCUT2D eigenvalue weighted by molar-refractivity contribution is 0.0778. The minimum absolute atomic E-state index is 0.150. The maximum absolute atomic E-state index is 13.1. The number of hydrogen-bond donors (Lipinski definition) is 0. The first kappa shape index (κ1) is 19.4. The fourth-order valence-corrected chi connectivity index (χ4v) is 3.25. The quantitative estimate of drug-likeness (QED) is 0.488. The number of carbonyl (C=O) groups excluding carboxylic acids is 1. The highest BCUT2D eigenvalue weighted by atomic mass is 16.5. The van der Waals surface area contributed by atoms with Crippen molar-refractivity contribution < 1.29 is 9.53 Å². The second-order valence-corrected chi connectivity index (χ2v) is 6.91. The average molecular weight is 398 g/mol. The Balaban J connectivity index is 1.70. The van der Waals surface area contributed by atoms with Crippen LogP contribution in [0.15, 0.2) is 85.2 Å². The van der Waals surface area contributed by atoms with Gasteiger partial charge in [-0.1, -0.05) is 24.3 Å². The van der Waals surface area contributed by atoms with Gasteiger partial charge in [0.15, 0.2) is 5.69 Å². The number of aromatic nitrogens is 3. The summed E-state index contributed by atoms with van der Waals surface area (Å²) < 4.78 is 7.06. The van der Waals surface area contributed by atoms with E-state index in [0.717, 1.165) is 28.3 Å². The Morgan fingerprint density at radius 2 is 1.80 bits per heavy atom. The molecule has 4 aromatic rings.